The zero-order valence-corrected chi connectivity index (χ0v) is 10.7. The summed E-state index contributed by atoms with van der Waals surface area (Å²) in [5, 5.41) is 14.0. The third-order valence-electron chi connectivity index (χ3n) is 2.55. The van der Waals surface area contributed by atoms with Crippen molar-refractivity contribution in [2.24, 2.45) is 5.84 Å². The highest BCUT2D eigenvalue weighted by Crippen LogP contribution is 2.26. The highest BCUT2D eigenvalue weighted by atomic mass is 16.6. The van der Waals surface area contributed by atoms with Gasteiger partial charge < -0.3 is 5.32 Å². The molecule has 0 aliphatic carbocycles. The largest absolute Gasteiger partial charge is 0.360 e. The lowest BCUT2D eigenvalue weighted by Crippen LogP contribution is -2.14. The van der Waals surface area contributed by atoms with E-state index < -0.39 is 4.92 Å². The molecule has 2 heterocycles. The van der Waals surface area contributed by atoms with Crippen LogP contribution in [-0.4, -0.2) is 19.9 Å². The maximum atomic E-state index is 11.1. The average molecular weight is 275 g/mol. The fourth-order valence-electron chi connectivity index (χ4n) is 1.66. The second kappa shape index (κ2) is 5.89. The molecule has 2 aromatic heterocycles. The lowest BCUT2D eigenvalue weighted by Gasteiger charge is -2.09. The van der Waals surface area contributed by atoms with Crippen molar-refractivity contribution in [3.8, 4) is 0 Å². The standard InChI is InChI=1S/C11H13N7O2/c1-7-9(18(19)20)10(16-11(15-7)17-12)14-6-8-3-2-4-13-5-8/h2-5H,6,12H2,1H3,(H2,14,15,16,17). The molecule has 0 unspecified atom stereocenters. The van der Waals surface area contributed by atoms with Gasteiger partial charge in [0.1, 0.15) is 5.69 Å². The van der Waals surface area contributed by atoms with E-state index in [1.807, 2.05) is 6.07 Å². The molecule has 0 aliphatic rings. The van der Waals surface area contributed by atoms with Crippen LogP contribution < -0.4 is 16.6 Å². The number of hydrazine groups is 1. The predicted octanol–water partition coefficient (Wildman–Crippen LogP) is 0.986. The first-order chi connectivity index (χ1) is 9.61. The Hall–Kier alpha value is -2.81. The topological polar surface area (TPSA) is 132 Å². The summed E-state index contributed by atoms with van der Waals surface area (Å²) in [6, 6.07) is 3.63. The Kier molecular flexibility index (Phi) is 4.01. The Morgan fingerprint density at radius 3 is 2.85 bits per heavy atom. The van der Waals surface area contributed by atoms with Gasteiger partial charge in [-0.15, -0.1) is 0 Å². The van der Waals surface area contributed by atoms with Crippen molar-refractivity contribution in [3.05, 3.63) is 45.9 Å². The molecule has 104 valence electrons. The zero-order valence-electron chi connectivity index (χ0n) is 10.7. The highest BCUT2D eigenvalue weighted by molar-refractivity contribution is 5.60. The summed E-state index contributed by atoms with van der Waals surface area (Å²) in [7, 11) is 0. The van der Waals surface area contributed by atoms with Crippen LogP contribution in [0.1, 0.15) is 11.3 Å². The molecule has 9 heteroatoms. The van der Waals surface area contributed by atoms with E-state index in [9.17, 15) is 10.1 Å². The van der Waals surface area contributed by atoms with Gasteiger partial charge in [0.15, 0.2) is 0 Å². The Morgan fingerprint density at radius 2 is 2.25 bits per heavy atom. The van der Waals surface area contributed by atoms with Crippen LogP contribution >= 0.6 is 0 Å². The number of nitro groups is 1. The van der Waals surface area contributed by atoms with E-state index in [2.05, 4.69) is 25.7 Å². The first-order valence-corrected chi connectivity index (χ1v) is 5.74. The first-order valence-electron chi connectivity index (χ1n) is 5.74. The van der Waals surface area contributed by atoms with Gasteiger partial charge in [-0.05, 0) is 18.6 Å². The van der Waals surface area contributed by atoms with Crippen LogP contribution in [0.3, 0.4) is 0 Å². The van der Waals surface area contributed by atoms with Gasteiger partial charge in [0.25, 0.3) is 0 Å². The Morgan fingerprint density at radius 1 is 1.45 bits per heavy atom. The van der Waals surface area contributed by atoms with Crippen LogP contribution in [0.2, 0.25) is 0 Å². The molecule has 9 nitrogen and oxygen atoms in total. The quantitative estimate of drug-likeness (QED) is 0.418. The molecule has 0 spiro atoms. The minimum absolute atomic E-state index is 0.110. The number of nitrogen functional groups attached to an aromatic ring is 1. The van der Waals surface area contributed by atoms with E-state index in [1.165, 1.54) is 6.92 Å². The number of rotatable bonds is 5. The molecule has 4 N–H and O–H groups in total. The molecule has 0 fully saturated rings. The smallest absolute Gasteiger partial charge is 0.332 e. The van der Waals surface area contributed by atoms with Gasteiger partial charge in [0.2, 0.25) is 11.8 Å². The lowest BCUT2D eigenvalue weighted by molar-refractivity contribution is -0.385. The molecule has 0 saturated carbocycles. The van der Waals surface area contributed by atoms with Crippen LogP contribution in [0.4, 0.5) is 17.5 Å². The lowest BCUT2D eigenvalue weighted by atomic mass is 10.3. The molecule has 0 radical (unpaired) electrons. The molecule has 2 aromatic rings. The number of aromatic nitrogens is 3. The summed E-state index contributed by atoms with van der Waals surface area (Å²) in [6.45, 7) is 1.88. The van der Waals surface area contributed by atoms with E-state index in [1.54, 1.807) is 18.5 Å². The average Bonchev–Trinajstić information content (AvgIpc) is 2.45. The van der Waals surface area contributed by atoms with E-state index in [0.29, 0.717) is 6.54 Å². The summed E-state index contributed by atoms with van der Waals surface area (Å²) in [5.74, 6) is 5.46. The van der Waals surface area contributed by atoms with Crippen LogP contribution in [0.15, 0.2) is 24.5 Å². The zero-order chi connectivity index (χ0) is 14.5. The number of hydrogen-bond donors (Lipinski definition) is 3. The molecular formula is C11H13N7O2. The molecule has 0 saturated heterocycles. The highest BCUT2D eigenvalue weighted by Gasteiger charge is 2.21. The Bertz CT molecular complexity index is 618. The summed E-state index contributed by atoms with van der Waals surface area (Å²) in [4.78, 5) is 22.4. The summed E-state index contributed by atoms with van der Waals surface area (Å²) in [5.41, 5.74) is 3.21. The molecule has 0 amide bonds. The third-order valence-corrected chi connectivity index (χ3v) is 2.55. The molecule has 0 bridgehead atoms. The van der Waals surface area contributed by atoms with E-state index in [4.69, 9.17) is 5.84 Å². The summed E-state index contributed by atoms with van der Waals surface area (Å²) >= 11 is 0. The van der Waals surface area contributed by atoms with Gasteiger partial charge >= 0.3 is 5.69 Å². The van der Waals surface area contributed by atoms with Gasteiger partial charge in [-0.2, -0.15) is 4.98 Å². The van der Waals surface area contributed by atoms with Crippen LogP contribution in [0.5, 0.6) is 0 Å². The number of pyridine rings is 1. The maximum Gasteiger partial charge on any atom is 0.332 e. The van der Waals surface area contributed by atoms with Gasteiger partial charge in [-0.25, -0.2) is 10.8 Å². The molecule has 2 rings (SSSR count). The number of hydrogen-bond acceptors (Lipinski definition) is 8. The summed E-state index contributed by atoms with van der Waals surface area (Å²) < 4.78 is 0. The van der Waals surface area contributed by atoms with E-state index in [0.717, 1.165) is 5.56 Å². The Labute approximate surface area is 114 Å². The second-order valence-corrected chi connectivity index (χ2v) is 3.95. The normalized spacial score (nSPS) is 10.1. The van der Waals surface area contributed by atoms with Gasteiger partial charge in [-0.1, -0.05) is 6.07 Å². The Balaban J connectivity index is 2.29. The fraction of sp³-hybridized carbons (Fsp3) is 0.182. The van der Waals surface area contributed by atoms with Gasteiger partial charge in [0.05, 0.1) is 4.92 Å². The van der Waals surface area contributed by atoms with Crippen LogP contribution in [0, 0.1) is 17.0 Å². The second-order valence-electron chi connectivity index (χ2n) is 3.95. The van der Waals surface area contributed by atoms with Crippen molar-refractivity contribution in [1.29, 1.82) is 0 Å². The van der Waals surface area contributed by atoms with Crippen LogP contribution in [0.25, 0.3) is 0 Å². The molecule has 20 heavy (non-hydrogen) atoms. The van der Waals surface area contributed by atoms with E-state index in [-0.39, 0.29) is 23.1 Å². The molecular weight excluding hydrogens is 262 g/mol. The SMILES string of the molecule is Cc1nc(NN)nc(NCc2cccnc2)c1[N+](=O)[O-]. The fourth-order valence-corrected chi connectivity index (χ4v) is 1.66. The van der Waals surface area contributed by atoms with Crippen LogP contribution in [-0.2, 0) is 6.54 Å². The monoisotopic (exact) mass is 275 g/mol. The van der Waals surface area contributed by atoms with Gasteiger partial charge in [0, 0.05) is 18.9 Å². The maximum absolute atomic E-state index is 11.1. The number of nitrogens with zero attached hydrogens (tertiary/aromatic N) is 4. The van der Waals surface area contributed by atoms with Crippen molar-refractivity contribution >= 4 is 17.5 Å². The molecule has 0 atom stereocenters. The van der Waals surface area contributed by atoms with Crippen molar-refractivity contribution < 1.29 is 4.92 Å². The van der Waals surface area contributed by atoms with Crippen molar-refractivity contribution in [2.75, 3.05) is 10.7 Å². The van der Waals surface area contributed by atoms with E-state index >= 15 is 0 Å². The van der Waals surface area contributed by atoms with Crippen molar-refractivity contribution in [1.82, 2.24) is 15.0 Å². The molecule has 0 aliphatic heterocycles. The summed E-state index contributed by atoms with van der Waals surface area (Å²) in [6.07, 6.45) is 3.31. The third kappa shape index (κ3) is 2.95. The number of aryl methyl sites for hydroxylation is 1. The molecule has 0 aromatic carbocycles. The minimum atomic E-state index is -0.527. The number of nitrogens with one attached hydrogen (secondary N) is 2. The number of anilines is 2. The predicted molar refractivity (Wildman–Crippen MR) is 72.8 cm³/mol. The number of nitrogens with two attached hydrogens (primary N) is 1. The minimum Gasteiger partial charge on any atom is -0.360 e. The van der Waals surface area contributed by atoms with Crippen molar-refractivity contribution in [2.45, 2.75) is 13.5 Å². The first kappa shape index (κ1) is 13.6. The van der Waals surface area contributed by atoms with Crippen molar-refractivity contribution in [3.63, 3.8) is 0 Å². The van der Waals surface area contributed by atoms with Gasteiger partial charge in [-0.3, -0.25) is 20.5 Å².